The molecule has 19 heavy (non-hydrogen) atoms. The molecule has 0 spiro atoms. The van der Waals surface area contributed by atoms with E-state index in [4.69, 9.17) is 16.3 Å². The van der Waals surface area contributed by atoms with E-state index in [-0.39, 0.29) is 0 Å². The number of ether oxygens (including phenoxy) is 1. The van der Waals surface area contributed by atoms with Gasteiger partial charge < -0.3 is 4.74 Å². The van der Waals surface area contributed by atoms with Crippen molar-refractivity contribution in [2.75, 3.05) is 0 Å². The van der Waals surface area contributed by atoms with Gasteiger partial charge in [0.05, 0.1) is 0 Å². The third kappa shape index (κ3) is 2.53. The number of aryl methyl sites for hydroxylation is 1. The van der Waals surface area contributed by atoms with E-state index >= 15 is 0 Å². The molecular formula is C14H12ClN3O. The van der Waals surface area contributed by atoms with Crippen molar-refractivity contribution in [3.8, 4) is 5.75 Å². The Labute approximate surface area is 115 Å². The van der Waals surface area contributed by atoms with Crippen LogP contribution in [0.5, 0.6) is 5.75 Å². The van der Waals surface area contributed by atoms with Gasteiger partial charge in [-0.1, -0.05) is 29.8 Å². The molecule has 0 saturated carbocycles. The molecule has 0 aliphatic heterocycles. The van der Waals surface area contributed by atoms with Crippen LogP contribution in [0.25, 0.3) is 5.65 Å². The second-order valence-corrected chi connectivity index (χ2v) is 4.67. The molecule has 0 bridgehead atoms. The van der Waals surface area contributed by atoms with E-state index in [1.165, 1.54) is 0 Å². The Kier molecular flexibility index (Phi) is 3.09. The van der Waals surface area contributed by atoms with Crippen LogP contribution < -0.4 is 4.74 Å². The molecule has 2 heterocycles. The predicted molar refractivity (Wildman–Crippen MR) is 73.5 cm³/mol. The molecule has 0 aliphatic rings. The second kappa shape index (κ2) is 4.90. The number of aromatic nitrogens is 3. The van der Waals surface area contributed by atoms with Crippen molar-refractivity contribution in [1.29, 1.82) is 0 Å². The third-order valence-corrected chi connectivity index (χ3v) is 3.03. The summed E-state index contributed by atoms with van der Waals surface area (Å²) >= 11 is 5.91. The molecular weight excluding hydrogens is 262 g/mol. The van der Waals surface area contributed by atoms with E-state index in [0.717, 1.165) is 17.0 Å². The van der Waals surface area contributed by atoms with Gasteiger partial charge in [0.25, 0.3) is 0 Å². The first-order valence-electron chi connectivity index (χ1n) is 5.91. The average Bonchev–Trinajstić information content (AvgIpc) is 2.79. The summed E-state index contributed by atoms with van der Waals surface area (Å²) in [6.07, 6.45) is 1.78. The number of rotatable bonds is 3. The van der Waals surface area contributed by atoms with Crippen LogP contribution in [0, 0.1) is 6.92 Å². The molecule has 0 unspecified atom stereocenters. The van der Waals surface area contributed by atoms with E-state index in [9.17, 15) is 0 Å². The topological polar surface area (TPSA) is 39.4 Å². The fraction of sp³-hybridized carbons (Fsp3) is 0.143. The van der Waals surface area contributed by atoms with E-state index in [0.29, 0.717) is 17.5 Å². The summed E-state index contributed by atoms with van der Waals surface area (Å²) in [6.45, 7) is 2.34. The molecule has 0 saturated heterocycles. The summed E-state index contributed by atoms with van der Waals surface area (Å²) < 4.78 is 7.39. The summed E-state index contributed by atoms with van der Waals surface area (Å²) in [5, 5.41) is 4.97. The fourth-order valence-electron chi connectivity index (χ4n) is 1.82. The molecule has 0 aliphatic carbocycles. The Morgan fingerprint density at radius 1 is 1.26 bits per heavy atom. The maximum absolute atomic E-state index is 5.91. The second-order valence-electron chi connectivity index (χ2n) is 4.23. The Morgan fingerprint density at radius 3 is 2.95 bits per heavy atom. The summed E-state index contributed by atoms with van der Waals surface area (Å²) in [4.78, 5) is 4.36. The van der Waals surface area contributed by atoms with Crippen LogP contribution in [0.3, 0.4) is 0 Å². The summed E-state index contributed by atoms with van der Waals surface area (Å²) in [7, 11) is 0. The molecule has 3 aromatic rings. The van der Waals surface area contributed by atoms with Crippen molar-refractivity contribution in [3.05, 3.63) is 59.0 Å². The SMILES string of the molecule is Cc1ccccc1OCc1nc2cc(Cl)ccn2n1. The first-order valence-corrected chi connectivity index (χ1v) is 6.29. The zero-order valence-corrected chi connectivity index (χ0v) is 11.1. The largest absolute Gasteiger partial charge is 0.485 e. The molecule has 0 amide bonds. The number of hydrogen-bond acceptors (Lipinski definition) is 3. The Morgan fingerprint density at radius 2 is 2.11 bits per heavy atom. The number of para-hydroxylation sites is 1. The van der Waals surface area contributed by atoms with Crippen molar-refractivity contribution in [2.24, 2.45) is 0 Å². The van der Waals surface area contributed by atoms with Crippen LogP contribution in [0.2, 0.25) is 5.02 Å². The third-order valence-electron chi connectivity index (χ3n) is 2.79. The van der Waals surface area contributed by atoms with Crippen LogP contribution in [0.1, 0.15) is 11.4 Å². The highest BCUT2D eigenvalue weighted by Gasteiger charge is 2.05. The molecule has 96 valence electrons. The van der Waals surface area contributed by atoms with Crippen LogP contribution in [0.15, 0.2) is 42.6 Å². The Balaban J connectivity index is 1.80. The van der Waals surface area contributed by atoms with Crippen molar-refractivity contribution in [2.45, 2.75) is 13.5 Å². The molecule has 5 heteroatoms. The minimum atomic E-state index is 0.337. The summed E-state index contributed by atoms with van der Waals surface area (Å²) in [6, 6.07) is 11.4. The summed E-state index contributed by atoms with van der Waals surface area (Å²) in [5.41, 5.74) is 1.81. The predicted octanol–water partition coefficient (Wildman–Crippen LogP) is 3.27. The van der Waals surface area contributed by atoms with Crippen LogP contribution in [0.4, 0.5) is 0 Å². The highest BCUT2D eigenvalue weighted by atomic mass is 35.5. The van der Waals surface area contributed by atoms with Gasteiger partial charge in [0.15, 0.2) is 11.5 Å². The number of benzene rings is 1. The molecule has 1 aromatic carbocycles. The van der Waals surface area contributed by atoms with Crippen molar-refractivity contribution in [3.63, 3.8) is 0 Å². The van der Waals surface area contributed by atoms with Gasteiger partial charge >= 0.3 is 0 Å². The Bertz CT molecular complexity index is 724. The molecule has 0 N–H and O–H groups in total. The first-order chi connectivity index (χ1) is 9.22. The van der Waals surface area contributed by atoms with Gasteiger partial charge in [0.2, 0.25) is 0 Å². The number of pyridine rings is 1. The summed E-state index contributed by atoms with van der Waals surface area (Å²) in [5.74, 6) is 1.48. The lowest BCUT2D eigenvalue weighted by Crippen LogP contribution is -1.99. The monoisotopic (exact) mass is 273 g/mol. The number of halogens is 1. The zero-order chi connectivity index (χ0) is 13.2. The van der Waals surface area contributed by atoms with Crippen LogP contribution in [-0.4, -0.2) is 14.6 Å². The van der Waals surface area contributed by atoms with Gasteiger partial charge in [0, 0.05) is 17.3 Å². The molecule has 2 aromatic heterocycles. The number of nitrogens with zero attached hydrogens (tertiary/aromatic N) is 3. The minimum absolute atomic E-state index is 0.337. The molecule has 4 nitrogen and oxygen atoms in total. The van der Waals surface area contributed by atoms with Crippen LogP contribution >= 0.6 is 11.6 Å². The maximum atomic E-state index is 5.91. The van der Waals surface area contributed by atoms with E-state index in [1.807, 2.05) is 31.2 Å². The van der Waals surface area contributed by atoms with E-state index < -0.39 is 0 Å². The van der Waals surface area contributed by atoms with Gasteiger partial charge in [-0.2, -0.15) is 0 Å². The Hall–Kier alpha value is -2.07. The van der Waals surface area contributed by atoms with E-state index in [1.54, 1.807) is 22.8 Å². The number of hydrogen-bond donors (Lipinski definition) is 0. The highest BCUT2D eigenvalue weighted by molar-refractivity contribution is 6.30. The van der Waals surface area contributed by atoms with Gasteiger partial charge in [0.1, 0.15) is 12.4 Å². The molecule has 0 atom stereocenters. The highest BCUT2D eigenvalue weighted by Crippen LogP contribution is 2.17. The van der Waals surface area contributed by atoms with Crippen molar-refractivity contribution >= 4 is 17.2 Å². The lowest BCUT2D eigenvalue weighted by Gasteiger charge is -2.05. The number of fused-ring (bicyclic) bond motifs is 1. The quantitative estimate of drug-likeness (QED) is 0.735. The van der Waals surface area contributed by atoms with Gasteiger partial charge in [-0.15, -0.1) is 5.10 Å². The lowest BCUT2D eigenvalue weighted by atomic mass is 10.2. The van der Waals surface area contributed by atoms with Gasteiger partial charge in [-0.3, -0.25) is 0 Å². The molecule has 0 radical (unpaired) electrons. The van der Waals surface area contributed by atoms with Gasteiger partial charge in [-0.05, 0) is 24.6 Å². The molecule has 3 rings (SSSR count). The van der Waals surface area contributed by atoms with Crippen LogP contribution in [-0.2, 0) is 6.61 Å². The standard InChI is InChI=1S/C14H12ClN3O/c1-10-4-2-3-5-12(10)19-9-13-16-14-8-11(15)6-7-18(14)17-13/h2-8H,9H2,1H3. The average molecular weight is 274 g/mol. The maximum Gasteiger partial charge on any atom is 0.189 e. The first kappa shape index (κ1) is 12.0. The smallest absolute Gasteiger partial charge is 0.189 e. The van der Waals surface area contributed by atoms with Crippen molar-refractivity contribution < 1.29 is 4.74 Å². The van der Waals surface area contributed by atoms with E-state index in [2.05, 4.69) is 10.1 Å². The van der Waals surface area contributed by atoms with Gasteiger partial charge in [-0.25, -0.2) is 9.50 Å². The van der Waals surface area contributed by atoms with Crippen molar-refractivity contribution in [1.82, 2.24) is 14.6 Å². The molecule has 0 fully saturated rings. The normalized spacial score (nSPS) is 10.8. The minimum Gasteiger partial charge on any atom is -0.485 e. The fourth-order valence-corrected chi connectivity index (χ4v) is 1.98. The lowest BCUT2D eigenvalue weighted by molar-refractivity contribution is 0.294. The zero-order valence-electron chi connectivity index (χ0n) is 10.4.